The Balaban J connectivity index is 2.55. The maximum absolute atomic E-state index is 14.2. The van der Waals surface area contributed by atoms with E-state index in [1.165, 1.54) is 0 Å². The van der Waals surface area contributed by atoms with Crippen LogP contribution in [0.3, 0.4) is 0 Å². The second kappa shape index (κ2) is 5.94. The van der Waals surface area contributed by atoms with Crippen molar-refractivity contribution in [2.45, 2.75) is 19.9 Å². The van der Waals surface area contributed by atoms with E-state index in [9.17, 15) is 4.39 Å². The number of hydrogen-bond acceptors (Lipinski definition) is 2. The fraction of sp³-hybridized carbons (Fsp3) is 0.250. The molecule has 0 aliphatic rings. The minimum absolute atomic E-state index is 0.265. The van der Waals surface area contributed by atoms with Crippen LogP contribution in [0, 0.1) is 19.7 Å². The monoisotopic (exact) mass is 337 g/mol. The molecule has 20 heavy (non-hydrogen) atoms. The van der Waals surface area contributed by atoms with Gasteiger partial charge in [-0.1, -0.05) is 34.1 Å². The summed E-state index contributed by atoms with van der Waals surface area (Å²) in [5.74, 6) is 0.401. The molecule has 0 bridgehead atoms. The fourth-order valence-corrected chi connectivity index (χ4v) is 2.53. The van der Waals surface area contributed by atoms with Crippen LogP contribution in [0.2, 0.25) is 0 Å². The van der Waals surface area contributed by atoms with Crippen molar-refractivity contribution in [2.24, 2.45) is 5.73 Å². The van der Waals surface area contributed by atoms with Crippen molar-refractivity contribution in [2.75, 3.05) is 7.11 Å². The predicted molar refractivity (Wildman–Crippen MR) is 82.6 cm³/mol. The maximum atomic E-state index is 14.2. The highest BCUT2D eigenvalue weighted by atomic mass is 79.9. The molecule has 0 fully saturated rings. The Hall–Kier alpha value is -1.39. The summed E-state index contributed by atoms with van der Waals surface area (Å²) in [5.41, 5.74) is 9.10. The van der Waals surface area contributed by atoms with Gasteiger partial charge in [-0.3, -0.25) is 0 Å². The lowest BCUT2D eigenvalue weighted by Crippen LogP contribution is -2.15. The first-order valence-electron chi connectivity index (χ1n) is 6.30. The van der Waals surface area contributed by atoms with Crippen molar-refractivity contribution in [3.8, 4) is 5.75 Å². The molecule has 2 N–H and O–H groups in total. The van der Waals surface area contributed by atoms with E-state index >= 15 is 0 Å². The standard InChI is InChI=1S/C16H17BrFNO/c1-9-5-4-6-11(15(9)18)16(19)12-8-13(17)10(2)7-14(12)20-3/h4-8,16H,19H2,1-3H3. The predicted octanol–water partition coefficient (Wildman–Crippen LogP) is 4.26. The zero-order valence-electron chi connectivity index (χ0n) is 11.7. The number of halogens is 2. The number of rotatable bonds is 3. The van der Waals surface area contributed by atoms with Crippen molar-refractivity contribution in [3.63, 3.8) is 0 Å². The van der Waals surface area contributed by atoms with E-state index in [0.29, 0.717) is 16.9 Å². The summed E-state index contributed by atoms with van der Waals surface area (Å²) >= 11 is 3.48. The Morgan fingerprint density at radius 1 is 1.15 bits per heavy atom. The molecule has 0 saturated carbocycles. The third-order valence-electron chi connectivity index (χ3n) is 3.40. The van der Waals surface area contributed by atoms with Crippen molar-refractivity contribution >= 4 is 15.9 Å². The van der Waals surface area contributed by atoms with E-state index in [4.69, 9.17) is 10.5 Å². The normalized spacial score (nSPS) is 12.3. The van der Waals surface area contributed by atoms with Crippen LogP contribution >= 0.6 is 15.9 Å². The molecule has 2 aromatic carbocycles. The molecular formula is C16H17BrFNO. The van der Waals surface area contributed by atoms with Gasteiger partial charge in [0, 0.05) is 15.6 Å². The Kier molecular flexibility index (Phi) is 4.45. The van der Waals surface area contributed by atoms with E-state index in [0.717, 1.165) is 15.6 Å². The highest BCUT2D eigenvalue weighted by Gasteiger charge is 2.19. The van der Waals surface area contributed by atoms with Gasteiger partial charge in [-0.05, 0) is 37.1 Å². The van der Waals surface area contributed by atoms with Gasteiger partial charge < -0.3 is 10.5 Å². The van der Waals surface area contributed by atoms with E-state index < -0.39 is 6.04 Å². The van der Waals surface area contributed by atoms with Crippen molar-refractivity contribution in [1.29, 1.82) is 0 Å². The van der Waals surface area contributed by atoms with Crippen LogP contribution in [0.1, 0.15) is 28.3 Å². The van der Waals surface area contributed by atoms with Crippen LogP contribution < -0.4 is 10.5 Å². The molecule has 0 spiro atoms. The van der Waals surface area contributed by atoms with Gasteiger partial charge >= 0.3 is 0 Å². The van der Waals surface area contributed by atoms with Gasteiger partial charge in [0.05, 0.1) is 13.2 Å². The number of methoxy groups -OCH3 is 1. The van der Waals surface area contributed by atoms with Crippen molar-refractivity contribution < 1.29 is 9.13 Å². The molecule has 106 valence electrons. The highest BCUT2D eigenvalue weighted by molar-refractivity contribution is 9.10. The van der Waals surface area contributed by atoms with Gasteiger partial charge in [-0.15, -0.1) is 0 Å². The Morgan fingerprint density at radius 2 is 1.85 bits per heavy atom. The molecule has 0 heterocycles. The maximum Gasteiger partial charge on any atom is 0.131 e. The zero-order chi connectivity index (χ0) is 14.9. The van der Waals surface area contributed by atoms with E-state index in [1.54, 1.807) is 26.2 Å². The quantitative estimate of drug-likeness (QED) is 0.907. The van der Waals surface area contributed by atoms with E-state index in [-0.39, 0.29) is 5.82 Å². The molecule has 0 amide bonds. The SMILES string of the molecule is COc1cc(C)c(Br)cc1C(N)c1cccc(C)c1F. The summed E-state index contributed by atoms with van der Waals surface area (Å²) in [6, 6.07) is 8.46. The van der Waals surface area contributed by atoms with Gasteiger partial charge in [0.25, 0.3) is 0 Å². The smallest absolute Gasteiger partial charge is 0.131 e. The summed E-state index contributed by atoms with van der Waals surface area (Å²) in [7, 11) is 1.59. The Morgan fingerprint density at radius 3 is 2.50 bits per heavy atom. The molecule has 0 aliphatic heterocycles. The lowest BCUT2D eigenvalue weighted by molar-refractivity contribution is 0.407. The molecule has 0 aliphatic carbocycles. The van der Waals surface area contributed by atoms with Crippen LogP contribution in [-0.4, -0.2) is 7.11 Å². The first-order chi connectivity index (χ1) is 9.45. The lowest BCUT2D eigenvalue weighted by Gasteiger charge is -2.19. The highest BCUT2D eigenvalue weighted by Crippen LogP contribution is 2.34. The molecule has 1 unspecified atom stereocenters. The lowest BCUT2D eigenvalue weighted by atomic mass is 9.96. The topological polar surface area (TPSA) is 35.2 Å². The van der Waals surface area contributed by atoms with Crippen LogP contribution in [-0.2, 0) is 0 Å². The second-order valence-electron chi connectivity index (χ2n) is 4.80. The number of nitrogens with two attached hydrogens (primary N) is 1. The molecule has 2 aromatic rings. The second-order valence-corrected chi connectivity index (χ2v) is 5.65. The van der Waals surface area contributed by atoms with Gasteiger partial charge in [0.15, 0.2) is 0 Å². The zero-order valence-corrected chi connectivity index (χ0v) is 13.3. The van der Waals surface area contributed by atoms with E-state index in [2.05, 4.69) is 15.9 Å². The van der Waals surface area contributed by atoms with Crippen molar-refractivity contribution in [3.05, 3.63) is 62.9 Å². The summed E-state index contributed by atoms with van der Waals surface area (Å²) in [6.45, 7) is 3.70. The van der Waals surface area contributed by atoms with E-state index in [1.807, 2.05) is 25.1 Å². The van der Waals surface area contributed by atoms with Crippen LogP contribution in [0.25, 0.3) is 0 Å². The minimum atomic E-state index is -0.568. The third kappa shape index (κ3) is 2.72. The van der Waals surface area contributed by atoms with Crippen LogP contribution in [0.15, 0.2) is 34.8 Å². The summed E-state index contributed by atoms with van der Waals surface area (Å²) in [5, 5.41) is 0. The Bertz CT molecular complexity index is 643. The summed E-state index contributed by atoms with van der Waals surface area (Å²) in [6.07, 6.45) is 0. The molecule has 2 rings (SSSR count). The van der Waals surface area contributed by atoms with Crippen LogP contribution in [0.4, 0.5) is 4.39 Å². The van der Waals surface area contributed by atoms with Gasteiger partial charge in [0.2, 0.25) is 0 Å². The third-order valence-corrected chi connectivity index (χ3v) is 4.26. The number of ether oxygens (including phenoxy) is 1. The average molecular weight is 338 g/mol. The fourth-order valence-electron chi connectivity index (χ4n) is 2.17. The molecule has 0 aromatic heterocycles. The summed E-state index contributed by atoms with van der Waals surface area (Å²) in [4.78, 5) is 0. The number of hydrogen-bond donors (Lipinski definition) is 1. The summed E-state index contributed by atoms with van der Waals surface area (Å²) < 4.78 is 20.5. The first-order valence-corrected chi connectivity index (χ1v) is 7.09. The molecular weight excluding hydrogens is 321 g/mol. The molecule has 2 nitrogen and oxygen atoms in total. The van der Waals surface area contributed by atoms with Gasteiger partial charge in [-0.2, -0.15) is 0 Å². The largest absolute Gasteiger partial charge is 0.496 e. The minimum Gasteiger partial charge on any atom is -0.496 e. The molecule has 4 heteroatoms. The average Bonchev–Trinajstić information content (AvgIpc) is 2.43. The Labute approximate surface area is 126 Å². The molecule has 0 saturated heterocycles. The number of aryl methyl sites for hydroxylation is 2. The number of benzene rings is 2. The van der Waals surface area contributed by atoms with Crippen molar-refractivity contribution in [1.82, 2.24) is 0 Å². The molecule has 0 radical (unpaired) electrons. The van der Waals surface area contributed by atoms with Gasteiger partial charge in [0.1, 0.15) is 11.6 Å². The molecule has 1 atom stereocenters. The van der Waals surface area contributed by atoms with Crippen LogP contribution in [0.5, 0.6) is 5.75 Å². The first kappa shape index (κ1) is 15.0. The van der Waals surface area contributed by atoms with Gasteiger partial charge in [-0.25, -0.2) is 4.39 Å².